The monoisotopic (exact) mass is 326 g/mol. The number of aliphatic carboxylic acids is 1. The third-order valence-electron chi connectivity index (χ3n) is 3.61. The number of anilines is 1. The van der Waals surface area contributed by atoms with Crippen LogP contribution < -0.4 is 9.64 Å². The number of H-pyrrole nitrogens is 1. The molecule has 0 unspecified atom stereocenters. The molecule has 0 spiro atoms. The number of carbonyl (C=O) groups is 1. The van der Waals surface area contributed by atoms with Crippen LogP contribution in [0.5, 0.6) is 5.75 Å². The first-order valence-electron chi connectivity index (χ1n) is 7.48. The van der Waals surface area contributed by atoms with Crippen molar-refractivity contribution >= 4 is 22.8 Å². The lowest BCUT2D eigenvalue weighted by Crippen LogP contribution is -2.18. The summed E-state index contributed by atoms with van der Waals surface area (Å²) in [4.78, 5) is 24.4. The molecule has 2 heterocycles. The molecular weight excluding hydrogens is 308 g/mol. The van der Waals surface area contributed by atoms with Crippen LogP contribution >= 0.6 is 0 Å². The molecule has 3 rings (SSSR count). The predicted octanol–water partition coefficient (Wildman–Crippen LogP) is 2.37. The molecule has 0 bridgehead atoms. The topological polar surface area (TPSA) is 91.3 Å². The summed E-state index contributed by atoms with van der Waals surface area (Å²) < 4.78 is 5.13. The van der Waals surface area contributed by atoms with E-state index in [0.29, 0.717) is 12.3 Å². The van der Waals surface area contributed by atoms with E-state index in [0.717, 1.165) is 28.1 Å². The number of aromatic nitrogens is 3. The van der Waals surface area contributed by atoms with Crippen LogP contribution in [-0.4, -0.2) is 39.7 Å². The molecule has 0 atom stereocenters. The molecule has 24 heavy (non-hydrogen) atoms. The van der Waals surface area contributed by atoms with E-state index >= 15 is 0 Å². The Bertz CT molecular complexity index is 858. The Morgan fingerprint density at radius 2 is 2.04 bits per heavy atom. The molecular formula is C17H18N4O3. The van der Waals surface area contributed by atoms with Crippen LogP contribution in [0, 0.1) is 6.92 Å². The zero-order valence-electron chi connectivity index (χ0n) is 13.5. The van der Waals surface area contributed by atoms with E-state index in [1.54, 1.807) is 18.5 Å². The van der Waals surface area contributed by atoms with Gasteiger partial charge in [0.1, 0.15) is 23.5 Å². The zero-order chi connectivity index (χ0) is 17.1. The molecule has 1 aromatic carbocycles. The highest BCUT2D eigenvalue weighted by molar-refractivity contribution is 5.87. The number of aromatic amines is 1. The van der Waals surface area contributed by atoms with Gasteiger partial charge in [0.05, 0.1) is 5.39 Å². The fourth-order valence-electron chi connectivity index (χ4n) is 2.55. The molecule has 0 aliphatic heterocycles. The SMILES string of the molecule is Cc1cc2c(N(C)Cc3ccc(OCC(=O)O)cc3)ncnc2[nH]1. The number of nitrogens with zero attached hydrogens (tertiary/aromatic N) is 3. The van der Waals surface area contributed by atoms with E-state index in [9.17, 15) is 4.79 Å². The highest BCUT2D eigenvalue weighted by atomic mass is 16.5. The summed E-state index contributed by atoms with van der Waals surface area (Å²) in [6.45, 7) is 2.31. The van der Waals surface area contributed by atoms with E-state index in [1.807, 2.05) is 37.1 Å². The molecule has 7 nitrogen and oxygen atoms in total. The van der Waals surface area contributed by atoms with Crippen LogP contribution in [0.3, 0.4) is 0 Å². The van der Waals surface area contributed by atoms with Gasteiger partial charge < -0.3 is 19.7 Å². The first-order chi connectivity index (χ1) is 11.5. The second-order valence-electron chi connectivity index (χ2n) is 5.59. The lowest BCUT2D eigenvalue weighted by molar-refractivity contribution is -0.139. The number of benzene rings is 1. The van der Waals surface area contributed by atoms with Crippen molar-refractivity contribution in [3.05, 3.63) is 47.9 Å². The number of carboxylic acid groups (broad SMARTS) is 1. The number of hydrogen-bond acceptors (Lipinski definition) is 5. The van der Waals surface area contributed by atoms with Gasteiger partial charge in [-0.05, 0) is 30.7 Å². The minimum atomic E-state index is -0.992. The Hall–Kier alpha value is -3.09. The highest BCUT2D eigenvalue weighted by Gasteiger charge is 2.11. The van der Waals surface area contributed by atoms with Gasteiger partial charge in [-0.25, -0.2) is 14.8 Å². The third kappa shape index (κ3) is 3.45. The van der Waals surface area contributed by atoms with Crippen molar-refractivity contribution in [3.63, 3.8) is 0 Å². The fraction of sp³-hybridized carbons (Fsp3) is 0.235. The Labute approximate surface area is 138 Å². The van der Waals surface area contributed by atoms with Crippen LogP contribution in [-0.2, 0) is 11.3 Å². The molecule has 3 aromatic rings. The maximum Gasteiger partial charge on any atom is 0.341 e. The fourth-order valence-corrected chi connectivity index (χ4v) is 2.55. The Morgan fingerprint density at radius 3 is 2.75 bits per heavy atom. The van der Waals surface area contributed by atoms with E-state index in [1.165, 1.54) is 0 Å². The number of hydrogen-bond donors (Lipinski definition) is 2. The summed E-state index contributed by atoms with van der Waals surface area (Å²) >= 11 is 0. The minimum Gasteiger partial charge on any atom is -0.482 e. The van der Waals surface area contributed by atoms with Crippen molar-refractivity contribution in [1.29, 1.82) is 0 Å². The zero-order valence-corrected chi connectivity index (χ0v) is 13.5. The van der Waals surface area contributed by atoms with E-state index in [4.69, 9.17) is 9.84 Å². The summed E-state index contributed by atoms with van der Waals surface area (Å²) in [6.07, 6.45) is 1.55. The van der Waals surface area contributed by atoms with Gasteiger partial charge in [0, 0.05) is 19.3 Å². The maximum absolute atomic E-state index is 10.5. The van der Waals surface area contributed by atoms with Gasteiger partial charge in [-0.1, -0.05) is 12.1 Å². The van der Waals surface area contributed by atoms with Gasteiger partial charge in [0.15, 0.2) is 6.61 Å². The predicted molar refractivity (Wildman–Crippen MR) is 90.3 cm³/mol. The summed E-state index contributed by atoms with van der Waals surface area (Å²) in [5.74, 6) is 0.401. The lowest BCUT2D eigenvalue weighted by atomic mass is 10.2. The van der Waals surface area contributed by atoms with Crippen LogP contribution in [0.4, 0.5) is 5.82 Å². The summed E-state index contributed by atoms with van der Waals surface area (Å²) in [7, 11) is 1.97. The number of ether oxygens (including phenoxy) is 1. The molecule has 0 fully saturated rings. The number of aryl methyl sites for hydroxylation is 1. The summed E-state index contributed by atoms with van der Waals surface area (Å²) in [6, 6.07) is 9.39. The van der Waals surface area contributed by atoms with Crippen LogP contribution in [0.25, 0.3) is 11.0 Å². The third-order valence-corrected chi connectivity index (χ3v) is 3.61. The van der Waals surface area contributed by atoms with Gasteiger partial charge in [-0.15, -0.1) is 0 Å². The second-order valence-corrected chi connectivity index (χ2v) is 5.59. The first-order valence-corrected chi connectivity index (χ1v) is 7.48. The normalized spacial score (nSPS) is 10.8. The highest BCUT2D eigenvalue weighted by Crippen LogP contribution is 2.24. The minimum absolute atomic E-state index is 0.342. The van der Waals surface area contributed by atoms with Crippen LogP contribution in [0.15, 0.2) is 36.7 Å². The molecule has 0 saturated carbocycles. The van der Waals surface area contributed by atoms with Crippen molar-refractivity contribution in [2.45, 2.75) is 13.5 Å². The first kappa shape index (κ1) is 15.8. The molecule has 2 aromatic heterocycles. The van der Waals surface area contributed by atoms with Gasteiger partial charge in [-0.2, -0.15) is 0 Å². The van der Waals surface area contributed by atoms with Crippen molar-refractivity contribution in [3.8, 4) is 5.75 Å². The Morgan fingerprint density at radius 1 is 1.29 bits per heavy atom. The number of rotatable bonds is 6. The van der Waals surface area contributed by atoms with Gasteiger partial charge in [0.25, 0.3) is 0 Å². The summed E-state index contributed by atoms with van der Waals surface area (Å²) in [5.41, 5.74) is 2.93. The molecule has 0 aliphatic rings. The lowest BCUT2D eigenvalue weighted by Gasteiger charge is -2.19. The molecule has 2 N–H and O–H groups in total. The molecule has 0 saturated heterocycles. The number of fused-ring (bicyclic) bond motifs is 1. The van der Waals surface area contributed by atoms with Crippen LogP contribution in [0.1, 0.15) is 11.3 Å². The van der Waals surface area contributed by atoms with Crippen molar-refractivity contribution < 1.29 is 14.6 Å². The number of carboxylic acids is 1. The molecule has 124 valence electrons. The average Bonchev–Trinajstić information content (AvgIpc) is 2.94. The van der Waals surface area contributed by atoms with E-state index in [2.05, 4.69) is 15.0 Å². The second kappa shape index (κ2) is 6.57. The average molecular weight is 326 g/mol. The van der Waals surface area contributed by atoms with Gasteiger partial charge in [-0.3, -0.25) is 0 Å². The Balaban J connectivity index is 1.74. The molecule has 0 aliphatic carbocycles. The molecule has 0 amide bonds. The quantitative estimate of drug-likeness (QED) is 0.722. The van der Waals surface area contributed by atoms with E-state index in [-0.39, 0.29) is 6.61 Å². The standard InChI is InChI=1S/C17H18N4O3/c1-11-7-14-16(20-11)18-10-19-17(14)21(2)8-12-3-5-13(6-4-12)24-9-15(22)23/h3-7,10H,8-9H2,1-2H3,(H,22,23)(H,18,19,20). The van der Waals surface area contributed by atoms with E-state index < -0.39 is 5.97 Å². The van der Waals surface area contributed by atoms with Crippen molar-refractivity contribution in [2.75, 3.05) is 18.6 Å². The van der Waals surface area contributed by atoms with Gasteiger partial charge >= 0.3 is 5.97 Å². The van der Waals surface area contributed by atoms with Crippen molar-refractivity contribution in [2.24, 2.45) is 0 Å². The molecule has 7 heteroatoms. The van der Waals surface area contributed by atoms with Gasteiger partial charge in [0.2, 0.25) is 0 Å². The largest absolute Gasteiger partial charge is 0.482 e. The maximum atomic E-state index is 10.5. The smallest absolute Gasteiger partial charge is 0.341 e. The summed E-state index contributed by atoms with van der Waals surface area (Å²) in [5, 5.41) is 9.60. The van der Waals surface area contributed by atoms with Crippen molar-refractivity contribution in [1.82, 2.24) is 15.0 Å². The van der Waals surface area contributed by atoms with Crippen LogP contribution in [0.2, 0.25) is 0 Å². The Kier molecular flexibility index (Phi) is 4.33. The number of nitrogens with one attached hydrogen (secondary N) is 1. The molecule has 0 radical (unpaired) electrons.